The second-order valence-corrected chi connectivity index (χ2v) is 6.26. The minimum Gasteiger partial charge on any atom is -0.683 e. The molecule has 0 aliphatic heterocycles. The van der Waals surface area contributed by atoms with Gasteiger partial charge in [0.1, 0.15) is 0 Å². The summed E-state index contributed by atoms with van der Waals surface area (Å²) in [5.74, 6) is 0. The molecule has 8 heteroatoms. The molecule has 0 amide bonds. The molecule has 3 nitrogen and oxygen atoms in total. The third-order valence-corrected chi connectivity index (χ3v) is 4.99. The molecule has 0 bridgehead atoms. The zero-order chi connectivity index (χ0) is 10.2. The number of hydrogen-bond donors (Lipinski definition) is 0. The minimum atomic E-state index is -4.72. The quantitative estimate of drug-likeness (QED) is 0.358. The molecule has 0 radical (unpaired) electrons. The van der Waals surface area contributed by atoms with Gasteiger partial charge in [-0.25, -0.2) is 0 Å². The van der Waals surface area contributed by atoms with Crippen molar-refractivity contribution in [2.75, 3.05) is 0 Å². The van der Waals surface area contributed by atoms with Crippen molar-refractivity contribution >= 4 is 98.8 Å². The predicted molar refractivity (Wildman–Crippen MR) is 61.9 cm³/mol. The SMILES string of the molecule is [Ca+2].[O-][P+]([O-])([O-])c1cc(Br)cc(Br)c1Br. The summed E-state index contributed by atoms with van der Waals surface area (Å²) in [5.41, 5.74) is 0. The molecular formula is C6H2Br3CaO3P. The van der Waals surface area contributed by atoms with Crippen molar-refractivity contribution in [1.82, 2.24) is 0 Å². The van der Waals surface area contributed by atoms with E-state index >= 15 is 0 Å². The molecule has 0 aliphatic carbocycles. The van der Waals surface area contributed by atoms with E-state index in [2.05, 4.69) is 47.8 Å². The molecule has 0 spiro atoms. The molecule has 0 aliphatic rings. The summed E-state index contributed by atoms with van der Waals surface area (Å²) in [6, 6.07) is 2.90. The summed E-state index contributed by atoms with van der Waals surface area (Å²) < 4.78 is 1.30. The fourth-order valence-corrected chi connectivity index (χ4v) is 3.84. The average Bonchev–Trinajstić information content (AvgIpc) is 1.94. The summed E-state index contributed by atoms with van der Waals surface area (Å²) in [7, 11) is -4.72. The maximum absolute atomic E-state index is 10.8. The van der Waals surface area contributed by atoms with E-state index in [0.717, 1.165) is 0 Å². The Morgan fingerprint density at radius 1 is 1.00 bits per heavy atom. The van der Waals surface area contributed by atoms with E-state index in [1.165, 1.54) is 6.07 Å². The largest absolute Gasteiger partial charge is 2.00 e. The molecule has 0 atom stereocenters. The second kappa shape index (κ2) is 6.24. The van der Waals surface area contributed by atoms with E-state index in [1.54, 1.807) is 6.07 Å². The van der Waals surface area contributed by atoms with Crippen molar-refractivity contribution in [2.24, 2.45) is 0 Å². The average molecular weight is 433 g/mol. The van der Waals surface area contributed by atoms with Crippen molar-refractivity contribution in [2.45, 2.75) is 0 Å². The van der Waals surface area contributed by atoms with Gasteiger partial charge < -0.3 is 14.7 Å². The Labute approximate surface area is 137 Å². The normalized spacial score (nSPS) is 11.0. The van der Waals surface area contributed by atoms with Crippen LogP contribution in [0.2, 0.25) is 0 Å². The van der Waals surface area contributed by atoms with E-state index in [4.69, 9.17) is 0 Å². The van der Waals surface area contributed by atoms with Gasteiger partial charge in [-0.15, -0.1) is 7.94 Å². The van der Waals surface area contributed by atoms with Crippen LogP contribution in [-0.2, 0) is 0 Å². The summed E-state index contributed by atoms with van der Waals surface area (Å²) in [6.07, 6.45) is 0. The van der Waals surface area contributed by atoms with Crippen LogP contribution in [0.5, 0.6) is 0 Å². The first-order valence-corrected chi connectivity index (χ1v) is 6.91. The Morgan fingerprint density at radius 3 is 1.93 bits per heavy atom. The Balaban J connectivity index is 0.00000169. The van der Waals surface area contributed by atoms with Gasteiger partial charge in [0.25, 0.3) is 0 Å². The number of rotatable bonds is 1. The van der Waals surface area contributed by atoms with Gasteiger partial charge in [0.05, 0.1) is 9.78 Å². The zero-order valence-corrected chi connectivity index (χ0v) is 14.5. The molecule has 0 aromatic heterocycles. The van der Waals surface area contributed by atoms with Crippen LogP contribution in [0.4, 0.5) is 0 Å². The van der Waals surface area contributed by atoms with Gasteiger partial charge in [0.15, 0.2) is 0 Å². The molecule has 0 saturated carbocycles. The molecule has 0 heterocycles. The molecule has 1 aromatic rings. The number of benzene rings is 1. The summed E-state index contributed by atoms with van der Waals surface area (Å²) in [4.78, 5) is 32.3. The zero-order valence-electron chi connectivity index (χ0n) is 6.67. The van der Waals surface area contributed by atoms with E-state index in [9.17, 15) is 14.7 Å². The molecule has 0 N–H and O–H groups in total. The maximum Gasteiger partial charge on any atom is 2.00 e. The Kier molecular flexibility index (Phi) is 7.23. The molecule has 0 fully saturated rings. The fraction of sp³-hybridized carbons (Fsp3) is 0. The van der Waals surface area contributed by atoms with Gasteiger partial charge in [-0.2, -0.15) is 0 Å². The monoisotopic (exact) mass is 430 g/mol. The van der Waals surface area contributed by atoms with E-state index in [0.29, 0.717) is 8.95 Å². The maximum atomic E-state index is 10.8. The van der Waals surface area contributed by atoms with Gasteiger partial charge in [-0.3, -0.25) is 0 Å². The van der Waals surface area contributed by atoms with Crippen LogP contribution in [0.15, 0.2) is 25.6 Å². The molecule has 1 aromatic carbocycles. The van der Waals surface area contributed by atoms with Crippen molar-refractivity contribution in [1.29, 1.82) is 0 Å². The molecule has 72 valence electrons. The fourth-order valence-electron chi connectivity index (χ4n) is 0.742. The topological polar surface area (TPSA) is 69.2 Å². The molecular weight excluding hydrogens is 431 g/mol. The third kappa shape index (κ3) is 4.24. The van der Waals surface area contributed by atoms with Gasteiger partial charge in [-0.1, -0.05) is 15.9 Å². The first kappa shape index (κ1) is 16.2. The molecule has 0 unspecified atom stereocenters. The van der Waals surface area contributed by atoms with Gasteiger partial charge >= 0.3 is 37.7 Å². The predicted octanol–water partition coefficient (Wildman–Crippen LogP) is 0.0621. The van der Waals surface area contributed by atoms with Gasteiger partial charge in [-0.05, 0) is 44.0 Å². The molecule has 14 heavy (non-hydrogen) atoms. The van der Waals surface area contributed by atoms with Gasteiger partial charge in [0, 0.05) is 8.95 Å². The van der Waals surface area contributed by atoms with Crippen LogP contribution in [0.1, 0.15) is 0 Å². The Hall–Kier alpha value is 2.23. The summed E-state index contributed by atoms with van der Waals surface area (Å²) in [6.45, 7) is 0. The summed E-state index contributed by atoms with van der Waals surface area (Å²) >= 11 is 9.21. The van der Waals surface area contributed by atoms with E-state index in [1.807, 2.05) is 0 Å². The third-order valence-electron chi connectivity index (χ3n) is 1.27. The molecule has 0 saturated heterocycles. The Morgan fingerprint density at radius 2 is 1.50 bits per heavy atom. The van der Waals surface area contributed by atoms with E-state index < -0.39 is 7.94 Å². The van der Waals surface area contributed by atoms with E-state index in [-0.39, 0.29) is 47.5 Å². The van der Waals surface area contributed by atoms with Crippen LogP contribution in [0.25, 0.3) is 0 Å². The molecule has 1 rings (SSSR count). The number of halogens is 3. The minimum absolute atomic E-state index is 0. The summed E-state index contributed by atoms with van der Waals surface area (Å²) in [5, 5.41) is -0.256. The standard InChI is InChI=1S/C6H4Br3O3P.Ca/c7-3-1-4(8)6(9)5(2-3)13(10,11)12;/h1-2H,(H2,10,11,12);/q;+2/p-2. The Bertz CT molecular complexity index is 342. The van der Waals surface area contributed by atoms with Crippen LogP contribution in [0, 0.1) is 0 Å². The van der Waals surface area contributed by atoms with Crippen molar-refractivity contribution in [3.63, 3.8) is 0 Å². The van der Waals surface area contributed by atoms with Crippen molar-refractivity contribution in [3.05, 3.63) is 25.6 Å². The van der Waals surface area contributed by atoms with Crippen molar-refractivity contribution < 1.29 is 14.7 Å². The second-order valence-electron chi connectivity index (χ2n) is 2.22. The van der Waals surface area contributed by atoms with Crippen LogP contribution in [0.3, 0.4) is 0 Å². The van der Waals surface area contributed by atoms with Crippen LogP contribution >= 0.6 is 55.7 Å². The number of hydrogen-bond acceptors (Lipinski definition) is 3. The van der Waals surface area contributed by atoms with Crippen molar-refractivity contribution in [3.8, 4) is 0 Å². The van der Waals surface area contributed by atoms with Crippen LogP contribution in [-0.4, -0.2) is 37.7 Å². The van der Waals surface area contributed by atoms with Crippen LogP contribution < -0.4 is 20.0 Å². The smallest absolute Gasteiger partial charge is 0.683 e. The van der Waals surface area contributed by atoms with Gasteiger partial charge in [0.2, 0.25) is 0 Å². The first-order chi connectivity index (χ1) is 5.82. The first-order valence-electron chi connectivity index (χ1n) is 2.99.